The van der Waals surface area contributed by atoms with Gasteiger partial charge in [0.2, 0.25) is 10.0 Å². The molecule has 0 radical (unpaired) electrons. The fraction of sp³-hybridized carbons (Fsp3) is 0.625. The summed E-state index contributed by atoms with van der Waals surface area (Å²) in [5, 5.41) is 3.38. The number of hydrogen-bond acceptors (Lipinski definition) is 3. The molecule has 0 aliphatic heterocycles. The highest BCUT2D eigenvalue weighted by Gasteiger charge is 2.45. The highest BCUT2D eigenvalue weighted by atomic mass is 32.2. The first kappa shape index (κ1) is 14.9. The summed E-state index contributed by atoms with van der Waals surface area (Å²) in [7, 11) is -3.41. The fourth-order valence-corrected chi connectivity index (χ4v) is 4.21. The molecule has 0 unspecified atom stereocenters. The van der Waals surface area contributed by atoms with Crippen LogP contribution in [-0.2, 0) is 10.0 Å². The maximum absolute atomic E-state index is 12.4. The third kappa shape index (κ3) is 3.24. The van der Waals surface area contributed by atoms with Crippen molar-refractivity contribution in [3.05, 3.63) is 24.3 Å². The summed E-state index contributed by atoms with van der Waals surface area (Å²) in [4.78, 5) is 0.372. The maximum Gasteiger partial charge on any atom is 0.242 e. The summed E-state index contributed by atoms with van der Waals surface area (Å²) >= 11 is 0. The quantitative estimate of drug-likeness (QED) is 0.814. The van der Waals surface area contributed by atoms with Gasteiger partial charge in [-0.15, -0.1) is 0 Å². The molecule has 0 bridgehead atoms. The molecule has 116 valence electrons. The van der Waals surface area contributed by atoms with E-state index in [4.69, 9.17) is 0 Å². The maximum atomic E-state index is 12.4. The van der Waals surface area contributed by atoms with Gasteiger partial charge in [0.15, 0.2) is 0 Å². The molecule has 2 fully saturated rings. The molecule has 0 amide bonds. The van der Waals surface area contributed by atoms with Gasteiger partial charge in [-0.2, -0.15) is 0 Å². The number of para-hydroxylation sites is 1. The van der Waals surface area contributed by atoms with Crippen molar-refractivity contribution in [2.75, 3.05) is 11.9 Å². The van der Waals surface area contributed by atoms with Crippen molar-refractivity contribution in [3.63, 3.8) is 0 Å². The van der Waals surface area contributed by atoms with E-state index in [9.17, 15) is 8.42 Å². The smallest absolute Gasteiger partial charge is 0.242 e. The third-order valence-corrected chi connectivity index (χ3v) is 6.40. The minimum absolute atomic E-state index is 0.133. The van der Waals surface area contributed by atoms with Crippen LogP contribution in [0.15, 0.2) is 29.2 Å². The molecule has 0 saturated heterocycles. The largest absolute Gasteiger partial charge is 0.383 e. The number of hydrogen-bond donors (Lipinski definition) is 2. The van der Waals surface area contributed by atoms with Gasteiger partial charge < -0.3 is 5.32 Å². The SMILES string of the molecule is CC(C)C1(CNc2ccccc2S(=O)(=O)NC2CC2)CC1. The Hall–Kier alpha value is -1.07. The van der Waals surface area contributed by atoms with Crippen LogP contribution in [0.2, 0.25) is 0 Å². The first-order chi connectivity index (χ1) is 9.93. The molecular weight excluding hydrogens is 284 g/mol. The van der Waals surface area contributed by atoms with Gasteiger partial charge in [-0.1, -0.05) is 26.0 Å². The summed E-state index contributed by atoms with van der Waals surface area (Å²) in [6.45, 7) is 5.33. The van der Waals surface area contributed by atoms with Gasteiger partial charge in [0.25, 0.3) is 0 Å². The molecule has 1 aromatic carbocycles. The molecule has 2 saturated carbocycles. The highest BCUT2D eigenvalue weighted by molar-refractivity contribution is 7.89. The number of nitrogens with one attached hydrogen (secondary N) is 2. The van der Waals surface area contributed by atoms with Crippen LogP contribution in [0.25, 0.3) is 0 Å². The Kier molecular flexibility index (Phi) is 3.74. The van der Waals surface area contributed by atoms with Crippen LogP contribution in [0.1, 0.15) is 39.5 Å². The Labute approximate surface area is 127 Å². The minimum atomic E-state index is -3.41. The Bertz CT molecular complexity index is 617. The molecule has 1 aromatic rings. The molecule has 5 heteroatoms. The Balaban J connectivity index is 1.76. The summed E-state index contributed by atoms with van der Waals surface area (Å²) in [6, 6.07) is 7.34. The van der Waals surface area contributed by atoms with Gasteiger partial charge in [-0.25, -0.2) is 13.1 Å². The van der Waals surface area contributed by atoms with E-state index < -0.39 is 10.0 Å². The first-order valence-corrected chi connectivity index (χ1v) is 9.26. The molecule has 0 heterocycles. The molecule has 2 aliphatic rings. The minimum Gasteiger partial charge on any atom is -0.383 e. The van der Waals surface area contributed by atoms with Gasteiger partial charge in [-0.3, -0.25) is 0 Å². The summed E-state index contributed by atoms with van der Waals surface area (Å²) in [5.74, 6) is 0.623. The van der Waals surface area contributed by atoms with Gasteiger partial charge >= 0.3 is 0 Å². The van der Waals surface area contributed by atoms with E-state index in [0.29, 0.717) is 16.2 Å². The summed E-state index contributed by atoms with van der Waals surface area (Å²) in [6.07, 6.45) is 4.36. The zero-order valence-electron chi connectivity index (χ0n) is 12.7. The van der Waals surface area contributed by atoms with Crippen molar-refractivity contribution in [3.8, 4) is 0 Å². The first-order valence-electron chi connectivity index (χ1n) is 7.78. The highest BCUT2D eigenvalue weighted by Crippen LogP contribution is 2.51. The van der Waals surface area contributed by atoms with Crippen LogP contribution < -0.4 is 10.0 Å². The lowest BCUT2D eigenvalue weighted by Gasteiger charge is -2.22. The van der Waals surface area contributed by atoms with Crippen molar-refractivity contribution in [2.24, 2.45) is 11.3 Å². The molecule has 2 N–H and O–H groups in total. The van der Waals surface area contributed by atoms with E-state index in [1.54, 1.807) is 12.1 Å². The van der Waals surface area contributed by atoms with Gasteiger partial charge in [0, 0.05) is 12.6 Å². The van der Waals surface area contributed by atoms with E-state index in [-0.39, 0.29) is 6.04 Å². The Morgan fingerprint density at radius 2 is 1.90 bits per heavy atom. The zero-order chi connectivity index (χ0) is 15.1. The number of rotatable bonds is 7. The summed E-state index contributed by atoms with van der Waals surface area (Å²) < 4.78 is 27.6. The second-order valence-corrected chi connectivity index (χ2v) is 8.44. The molecule has 3 rings (SSSR count). The molecule has 21 heavy (non-hydrogen) atoms. The Morgan fingerprint density at radius 3 is 2.48 bits per heavy atom. The van der Waals surface area contributed by atoms with Crippen LogP contribution in [0, 0.1) is 11.3 Å². The molecule has 0 aromatic heterocycles. The van der Waals surface area contributed by atoms with Gasteiger partial charge in [-0.05, 0) is 49.1 Å². The second kappa shape index (κ2) is 5.29. The molecule has 4 nitrogen and oxygen atoms in total. The molecule has 0 atom stereocenters. The van der Waals surface area contributed by atoms with E-state index in [1.807, 2.05) is 12.1 Å². The number of anilines is 1. The van der Waals surface area contributed by atoms with Gasteiger partial charge in [0.05, 0.1) is 5.69 Å². The Morgan fingerprint density at radius 1 is 1.24 bits per heavy atom. The zero-order valence-corrected chi connectivity index (χ0v) is 13.5. The lowest BCUT2D eigenvalue weighted by Crippen LogP contribution is -2.27. The average molecular weight is 308 g/mol. The number of sulfonamides is 1. The average Bonchev–Trinajstić information content (AvgIpc) is 3.32. The van der Waals surface area contributed by atoms with Crippen LogP contribution in [0.4, 0.5) is 5.69 Å². The van der Waals surface area contributed by atoms with Crippen molar-refractivity contribution in [2.45, 2.75) is 50.5 Å². The van der Waals surface area contributed by atoms with Gasteiger partial charge in [0.1, 0.15) is 4.90 Å². The monoisotopic (exact) mass is 308 g/mol. The van der Waals surface area contributed by atoms with Crippen molar-refractivity contribution >= 4 is 15.7 Å². The van der Waals surface area contributed by atoms with Crippen molar-refractivity contribution < 1.29 is 8.42 Å². The van der Waals surface area contributed by atoms with Crippen molar-refractivity contribution in [1.29, 1.82) is 0 Å². The van der Waals surface area contributed by atoms with E-state index >= 15 is 0 Å². The predicted molar refractivity (Wildman–Crippen MR) is 84.8 cm³/mol. The molecule has 2 aliphatic carbocycles. The van der Waals surface area contributed by atoms with E-state index in [1.165, 1.54) is 12.8 Å². The lowest BCUT2D eigenvalue weighted by molar-refractivity contribution is 0.380. The number of benzene rings is 1. The topological polar surface area (TPSA) is 58.2 Å². The van der Waals surface area contributed by atoms with Crippen LogP contribution in [-0.4, -0.2) is 21.0 Å². The van der Waals surface area contributed by atoms with Crippen LogP contribution >= 0.6 is 0 Å². The van der Waals surface area contributed by atoms with Crippen molar-refractivity contribution in [1.82, 2.24) is 4.72 Å². The third-order valence-electron chi connectivity index (χ3n) is 4.82. The predicted octanol–water partition coefficient (Wildman–Crippen LogP) is 2.98. The van der Waals surface area contributed by atoms with Crippen LogP contribution in [0.3, 0.4) is 0 Å². The van der Waals surface area contributed by atoms with E-state index in [0.717, 1.165) is 25.1 Å². The standard InChI is InChI=1S/C16H24N2O2S/c1-12(2)16(9-10-16)11-17-14-5-3-4-6-15(14)21(19,20)18-13-7-8-13/h3-6,12-13,17-18H,7-11H2,1-2H3. The second-order valence-electron chi connectivity index (χ2n) is 6.76. The molecule has 0 spiro atoms. The normalized spacial score (nSPS) is 20.5. The van der Waals surface area contributed by atoms with Crippen LogP contribution in [0.5, 0.6) is 0 Å². The summed E-state index contributed by atoms with van der Waals surface area (Å²) in [5.41, 5.74) is 1.07. The fourth-order valence-electron chi connectivity index (χ4n) is 2.72. The van der Waals surface area contributed by atoms with E-state index in [2.05, 4.69) is 23.9 Å². The molecular formula is C16H24N2O2S. The lowest BCUT2D eigenvalue weighted by atomic mass is 9.92.